The summed E-state index contributed by atoms with van der Waals surface area (Å²) in [4.78, 5) is 2.46. The van der Waals surface area contributed by atoms with Crippen molar-refractivity contribution in [3.8, 4) is 0 Å². The van der Waals surface area contributed by atoms with E-state index >= 15 is 0 Å². The first-order valence-electron chi connectivity index (χ1n) is 9.24. The second-order valence-corrected chi connectivity index (χ2v) is 7.33. The molecule has 0 spiro atoms. The average molecular weight is 317 g/mol. The molecule has 128 valence electrons. The molecule has 1 aromatic carbocycles. The van der Waals surface area contributed by atoms with Crippen molar-refractivity contribution in [2.24, 2.45) is 5.92 Å². The van der Waals surface area contributed by atoms with Crippen LogP contribution in [0.15, 0.2) is 30.3 Å². The quantitative estimate of drug-likeness (QED) is 0.801. The van der Waals surface area contributed by atoms with E-state index in [0.717, 1.165) is 51.8 Å². The van der Waals surface area contributed by atoms with Gasteiger partial charge in [-0.15, -0.1) is 0 Å². The third-order valence-electron chi connectivity index (χ3n) is 5.47. The van der Waals surface area contributed by atoms with E-state index in [4.69, 9.17) is 9.47 Å². The van der Waals surface area contributed by atoms with Crippen molar-refractivity contribution in [3.05, 3.63) is 35.9 Å². The third kappa shape index (κ3) is 5.03. The Bertz CT molecular complexity index is 448. The van der Waals surface area contributed by atoms with Crippen LogP contribution in [-0.2, 0) is 15.9 Å². The number of rotatable bonds is 6. The molecule has 1 aliphatic heterocycles. The van der Waals surface area contributed by atoms with Crippen molar-refractivity contribution in [2.45, 2.75) is 44.6 Å². The zero-order chi connectivity index (χ0) is 16.0. The molecule has 2 fully saturated rings. The summed E-state index contributed by atoms with van der Waals surface area (Å²) >= 11 is 0. The predicted molar refractivity (Wildman–Crippen MR) is 93.7 cm³/mol. The molecule has 1 saturated heterocycles. The highest BCUT2D eigenvalue weighted by atomic mass is 16.5. The van der Waals surface area contributed by atoms with Crippen LogP contribution in [0.2, 0.25) is 0 Å². The highest BCUT2D eigenvalue weighted by Crippen LogP contribution is 2.37. The Morgan fingerprint density at radius 3 is 2.52 bits per heavy atom. The molecule has 3 rings (SSSR count). The molecule has 3 nitrogen and oxygen atoms in total. The number of ether oxygens (including phenoxy) is 2. The molecule has 0 amide bonds. The second kappa shape index (κ2) is 8.27. The van der Waals surface area contributed by atoms with Gasteiger partial charge in [0.25, 0.3) is 0 Å². The molecule has 0 unspecified atom stereocenters. The zero-order valence-electron chi connectivity index (χ0n) is 14.5. The number of morpholine rings is 1. The lowest BCUT2D eigenvalue weighted by atomic mass is 9.76. The number of benzene rings is 1. The van der Waals surface area contributed by atoms with E-state index in [0.29, 0.717) is 0 Å². The average Bonchev–Trinajstić information content (AvgIpc) is 2.60. The van der Waals surface area contributed by atoms with Crippen LogP contribution in [0, 0.1) is 5.92 Å². The molecule has 2 aliphatic rings. The van der Waals surface area contributed by atoms with Gasteiger partial charge in [-0.3, -0.25) is 4.90 Å². The van der Waals surface area contributed by atoms with Crippen LogP contribution >= 0.6 is 0 Å². The summed E-state index contributed by atoms with van der Waals surface area (Å²) in [7, 11) is 0. The lowest BCUT2D eigenvalue weighted by molar-refractivity contribution is -0.0860. The van der Waals surface area contributed by atoms with Crippen LogP contribution in [0.4, 0.5) is 0 Å². The van der Waals surface area contributed by atoms with E-state index in [1.165, 1.54) is 31.2 Å². The number of nitrogens with zero attached hydrogens (tertiary/aromatic N) is 1. The summed E-state index contributed by atoms with van der Waals surface area (Å²) in [6.45, 7) is 8.09. The molecule has 1 heterocycles. The lowest BCUT2D eigenvalue weighted by Gasteiger charge is -2.40. The normalized spacial score (nSPS) is 29.5. The Morgan fingerprint density at radius 1 is 1.13 bits per heavy atom. The van der Waals surface area contributed by atoms with Crippen molar-refractivity contribution in [3.63, 3.8) is 0 Å². The molecule has 23 heavy (non-hydrogen) atoms. The summed E-state index contributed by atoms with van der Waals surface area (Å²) in [6, 6.07) is 10.9. The monoisotopic (exact) mass is 317 g/mol. The second-order valence-electron chi connectivity index (χ2n) is 7.33. The first-order chi connectivity index (χ1) is 11.3. The third-order valence-corrected chi connectivity index (χ3v) is 5.47. The van der Waals surface area contributed by atoms with Gasteiger partial charge in [0.05, 0.1) is 25.4 Å². The summed E-state index contributed by atoms with van der Waals surface area (Å²) in [5.41, 5.74) is 1.47. The van der Waals surface area contributed by atoms with Crippen molar-refractivity contribution < 1.29 is 9.47 Å². The molecule has 1 aromatic rings. The molecule has 0 bridgehead atoms. The van der Waals surface area contributed by atoms with Crippen LogP contribution in [0.1, 0.15) is 38.2 Å². The summed E-state index contributed by atoms with van der Waals surface area (Å²) < 4.78 is 12.0. The van der Waals surface area contributed by atoms with Gasteiger partial charge in [-0.25, -0.2) is 0 Å². The molecule has 0 radical (unpaired) electrons. The Morgan fingerprint density at radius 2 is 1.83 bits per heavy atom. The Kier molecular flexibility index (Phi) is 6.09. The molecule has 0 aromatic heterocycles. The van der Waals surface area contributed by atoms with Gasteiger partial charge in [-0.2, -0.15) is 0 Å². The van der Waals surface area contributed by atoms with Gasteiger partial charge in [0, 0.05) is 26.1 Å². The molecular weight excluding hydrogens is 286 g/mol. The SMILES string of the molecule is CC1CCC(Cc2ccccc2)(OCCN2CCOCC2)CC1. The highest BCUT2D eigenvalue weighted by Gasteiger charge is 2.35. The molecule has 1 saturated carbocycles. The maximum absolute atomic E-state index is 6.54. The van der Waals surface area contributed by atoms with Gasteiger partial charge in [0.1, 0.15) is 0 Å². The van der Waals surface area contributed by atoms with Gasteiger partial charge >= 0.3 is 0 Å². The van der Waals surface area contributed by atoms with Crippen LogP contribution in [0.3, 0.4) is 0 Å². The van der Waals surface area contributed by atoms with Gasteiger partial charge in [-0.1, -0.05) is 37.3 Å². The summed E-state index contributed by atoms with van der Waals surface area (Å²) in [5.74, 6) is 0.849. The fourth-order valence-electron chi connectivity index (χ4n) is 3.84. The Balaban J connectivity index is 1.56. The van der Waals surface area contributed by atoms with E-state index in [9.17, 15) is 0 Å². The van der Waals surface area contributed by atoms with Crippen molar-refractivity contribution in [1.82, 2.24) is 4.90 Å². The summed E-state index contributed by atoms with van der Waals surface area (Å²) in [5, 5.41) is 0. The Labute approximate surface area is 141 Å². The molecule has 1 aliphatic carbocycles. The van der Waals surface area contributed by atoms with Crippen LogP contribution in [-0.4, -0.2) is 50.0 Å². The summed E-state index contributed by atoms with van der Waals surface area (Å²) in [6.07, 6.45) is 6.05. The van der Waals surface area contributed by atoms with E-state index in [-0.39, 0.29) is 5.60 Å². The lowest BCUT2D eigenvalue weighted by Crippen LogP contribution is -2.43. The van der Waals surface area contributed by atoms with Crippen molar-refractivity contribution >= 4 is 0 Å². The van der Waals surface area contributed by atoms with Crippen molar-refractivity contribution in [1.29, 1.82) is 0 Å². The van der Waals surface area contributed by atoms with Crippen LogP contribution < -0.4 is 0 Å². The van der Waals surface area contributed by atoms with E-state index in [2.05, 4.69) is 42.2 Å². The van der Waals surface area contributed by atoms with Gasteiger partial charge in [0.15, 0.2) is 0 Å². The van der Waals surface area contributed by atoms with Gasteiger partial charge < -0.3 is 9.47 Å². The zero-order valence-corrected chi connectivity index (χ0v) is 14.5. The van der Waals surface area contributed by atoms with Gasteiger partial charge in [-0.05, 0) is 37.2 Å². The largest absolute Gasteiger partial charge is 0.379 e. The predicted octanol–water partition coefficient (Wildman–Crippen LogP) is 3.53. The Hall–Kier alpha value is -0.900. The highest BCUT2D eigenvalue weighted by molar-refractivity contribution is 5.17. The molecular formula is C20H31NO2. The topological polar surface area (TPSA) is 21.7 Å². The van der Waals surface area contributed by atoms with E-state index < -0.39 is 0 Å². The fourth-order valence-corrected chi connectivity index (χ4v) is 3.84. The fraction of sp³-hybridized carbons (Fsp3) is 0.700. The van der Waals surface area contributed by atoms with Crippen LogP contribution in [0.5, 0.6) is 0 Å². The number of hydrogen-bond acceptors (Lipinski definition) is 3. The van der Waals surface area contributed by atoms with Gasteiger partial charge in [0.2, 0.25) is 0 Å². The van der Waals surface area contributed by atoms with E-state index in [1.54, 1.807) is 0 Å². The maximum atomic E-state index is 6.54. The molecule has 0 N–H and O–H groups in total. The number of hydrogen-bond donors (Lipinski definition) is 0. The molecule has 0 atom stereocenters. The van der Waals surface area contributed by atoms with Crippen LogP contribution in [0.25, 0.3) is 0 Å². The van der Waals surface area contributed by atoms with Crippen molar-refractivity contribution in [2.75, 3.05) is 39.5 Å². The molecule has 3 heteroatoms. The van der Waals surface area contributed by atoms with E-state index in [1.807, 2.05) is 0 Å². The minimum atomic E-state index is 0.0557. The standard InChI is InChI=1S/C20H31NO2/c1-18-7-9-20(10-8-18,17-19-5-3-2-4-6-19)23-16-13-21-11-14-22-15-12-21/h2-6,18H,7-17H2,1H3. The minimum Gasteiger partial charge on any atom is -0.379 e. The first-order valence-corrected chi connectivity index (χ1v) is 9.24. The minimum absolute atomic E-state index is 0.0557. The smallest absolute Gasteiger partial charge is 0.0723 e. The first kappa shape index (κ1) is 16.9. The maximum Gasteiger partial charge on any atom is 0.0723 e.